The van der Waals surface area contributed by atoms with Crippen LogP contribution >= 0.6 is 0 Å². The first-order valence-electron chi connectivity index (χ1n) is 7.61. The van der Waals surface area contributed by atoms with Gasteiger partial charge in [-0.25, -0.2) is 0 Å². The Labute approximate surface area is 115 Å². The van der Waals surface area contributed by atoms with Crippen LogP contribution in [0.1, 0.15) is 44.8 Å². The van der Waals surface area contributed by atoms with Crippen molar-refractivity contribution in [2.24, 2.45) is 17.8 Å². The number of hydrogen-bond donors (Lipinski definition) is 1. The van der Waals surface area contributed by atoms with Crippen LogP contribution in [-0.2, 0) is 6.54 Å². The van der Waals surface area contributed by atoms with E-state index < -0.39 is 0 Å². The monoisotopic (exact) mass is 263 g/mol. The second kappa shape index (κ2) is 5.16. The fraction of sp³-hybridized carbons (Fsp3) is 0.800. The quantitative estimate of drug-likeness (QED) is 0.857. The Kier molecular flexibility index (Phi) is 3.52. The van der Waals surface area contributed by atoms with Crippen LogP contribution in [0.2, 0.25) is 0 Å². The summed E-state index contributed by atoms with van der Waals surface area (Å²) >= 11 is 0. The highest BCUT2D eigenvalue weighted by atomic mass is 16.5. The lowest BCUT2D eigenvalue weighted by Gasteiger charge is -2.27. The molecule has 3 atom stereocenters. The molecule has 0 spiro atoms. The molecule has 4 heteroatoms. The normalized spacial score (nSPS) is 30.2. The maximum atomic E-state index is 5.53. The zero-order valence-electron chi connectivity index (χ0n) is 12.2. The maximum Gasteiger partial charge on any atom is 0.161 e. The van der Waals surface area contributed by atoms with Crippen molar-refractivity contribution in [2.75, 3.05) is 13.7 Å². The number of nitrogens with zero attached hydrogens (tertiary/aromatic N) is 2. The van der Waals surface area contributed by atoms with Crippen molar-refractivity contribution >= 4 is 0 Å². The standard InChI is InChI=1S/C15H25N3O/c1-4-16-14(12-7-10-6-11(10)8-12)15-13(19-3)9-17-18(15)5-2/h9-12,14,16H,4-8H2,1-3H3. The molecule has 2 saturated carbocycles. The molecule has 0 aromatic carbocycles. The number of methoxy groups -OCH3 is 1. The van der Waals surface area contributed by atoms with E-state index in [0.29, 0.717) is 6.04 Å². The maximum absolute atomic E-state index is 5.53. The van der Waals surface area contributed by atoms with Crippen LogP contribution in [0.5, 0.6) is 5.75 Å². The summed E-state index contributed by atoms with van der Waals surface area (Å²) in [6.07, 6.45) is 6.08. The SMILES string of the molecule is CCNC(c1c(OC)cnn1CC)C1CC2CC2C1. The van der Waals surface area contributed by atoms with Crippen molar-refractivity contribution in [3.8, 4) is 5.75 Å². The highest BCUT2D eigenvalue weighted by molar-refractivity contribution is 5.29. The predicted molar refractivity (Wildman–Crippen MR) is 75.2 cm³/mol. The summed E-state index contributed by atoms with van der Waals surface area (Å²) in [5.41, 5.74) is 1.25. The fourth-order valence-electron chi connectivity index (χ4n) is 3.84. The van der Waals surface area contributed by atoms with E-state index in [1.807, 2.05) is 6.20 Å². The molecular formula is C15H25N3O. The van der Waals surface area contributed by atoms with Crippen LogP contribution < -0.4 is 10.1 Å². The number of hydrogen-bond acceptors (Lipinski definition) is 3. The van der Waals surface area contributed by atoms with Crippen LogP contribution in [0.4, 0.5) is 0 Å². The lowest BCUT2D eigenvalue weighted by atomic mass is 9.91. The van der Waals surface area contributed by atoms with Crippen molar-refractivity contribution in [1.29, 1.82) is 0 Å². The summed E-state index contributed by atoms with van der Waals surface area (Å²) in [5.74, 6) is 3.71. The number of nitrogens with one attached hydrogen (secondary N) is 1. The highest BCUT2D eigenvalue weighted by Gasteiger charge is 2.48. The van der Waals surface area contributed by atoms with Gasteiger partial charge in [0.2, 0.25) is 0 Å². The Balaban J connectivity index is 1.87. The molecular weight excluding hydrogens is 238 g/mol. The molecule has 2 aliphatic carbocycles. The van der Waals surface area contributed by atoms with Gasteiger partial charge in [-0.05, 0) is 50.5 Å². The van der Waals surface area contributed by atoms with E-state index in [0.717, 1.165) is 36.6 Å². The molecule has 1 N–H and O–H groups in total. The first-order chi connectivity index (χ1) is 9.28. The third kappa shape index (κ3) is 2.27. The molecule has 1 heterocycles. The minimum Gasteiger partial charge on any atom is -0.493 e. The van der Waals surface area contributed by atoms with Crippen molar-refractivity contribution in [3.05, 3.63) is 11.9 Å². The number of aryl methyl sites for hydroxylation is 1. The van der Waals surface area contributed by atoms with Crippen LogP contribution in [0, 0.1) is 17.8 Å². The Hall–Kier alpha value is -1.03. The van der Waals surface area contributed by atoms with Gasteiger partial charge in [0.25, 0.3) is 0 Å². The highest BCUT2D eigenvalue weighted by Crippen LogP contribution is 2.57. The molecule has 3 rings (SSSR count). The van der Waals surface area contributed by atoms with Crippen LogP contribution in [-0.4, -0.2) is 23.4 Å². The van der Waals surface area contributed by atoms with Gasteiger partial charge >= 0.3 is 0 Å². The first kappa shape index (κ1) is 13.0. The van der Waals surface area contributed by atoms with Crippen molar-refractivity contribution < 1.29 is 4.74 Å². The predicted octanol–water partition coefficient (Wildman–Crippen LogP) is 2.61. The second-order valence-electron chi connectivity index (χ2n) is 5.94. The molecule has 0 amide bonds. The zero-order chi connectivity index (χ0) is 13.4. The topological polar surface area (TPSA) is 39.1 Å². The molecule has 19 heavy (non-hydrogen) atoms. The average molecular weight is 263 g/mol. The van der Waals surface area contributed by atoms with E-state index in [9.17, 15) is 0 Å². The Morgan fingerprint density at radius 3 is 2.68 bits per heavy atom. The average Bonchev–Trinajstić information content (AvgIpc) is 2.89. The van der Waals surface area contributed by atoms with Crippen molar-refractivity contribution in [1.82, 2.24) is 15.1 Å². The molecule has 4 nitrogen and oxygen atoms in total. The van der Waals surface area contributed by atoms with Crippen molar-refractivity contribution in [2.45, 2.75) is 45.7 Å². The second-order valence-corrected chi connectivity index (χ2v) is 5.94. The smallest absolute Gasteiger partial charge is 0.161 e. The first-order valence-corrected chi connectivity index (χ1v) is 7.61. The van der Waals surface area contributed by atoms with Gasteiger partial charge in [0.05, 0.1) is 25.0 Å². The minimum absolute atomic E-state index is 0.398. The van der Waals surface area contributed by atoms with Gasteiger partial charge < -0.3 is 10.1 Å². The molecule has 3 unspecified atom stereocenters. The number of rotatable bonds is 6. The summed E-state index contributed by atoms with van der Waals surface area (Å²) in [7, 11) is 1.75. The van der Waals surface area contributed by atoms with Gasteiger partial charge in [-0.2, -0.15) is 5.10 Å². The largest absolute Gasteiger partial charge is 0.493 e. The molecule has 2 fully saturated rings. The Morgan fingerprint density at radius 1 is 1.37 bits per heavy atom. The van der Waals surface area contributed by atoms with Crippen molar-refractivity contribution in [3.63, 3.8) is 0 Å². The molecule has 2 aliphatic rings. The third-order valence-electron chi connectivity index (χ3n) is 4.83. The lowest BCUT2D eigenvalue weighted by Crippen LogP contribution is -2.30. The number of fused-ring (bicyclic) bond motifs is 1. The van der Waals surface area contributed by atoms with Gasteiger partial charge in [0.15, 0.2) is 5.75 Å². The Morgan fingerprint density at radius 2 is 2.11 bits per heavy atom. The summed E-state index contributed by atoms with van der Waals surface area (Å²) < 4.78 is 7.62. The molecule has 1 aromatic rings. The minimum atomic E-state index is 0.398. The van der Waals surface area contributed by atoms with Gasteiger partial charge in [-0.1, -0.05) is 6.92 Å². The molecule has 106 valence electrons. The molecule has 1 aromatic heterocycles. The van der Waals surface area contributed by atoms with Crippen LogP contribution in [0.3, 0.4) is 0 Å². The van der Waals surface area contributed by atoms with Gasteiger partial charge in [-0.3, -0.25) is 4.68 Å². The van der Waals surface area contributed by atoms with Gasteiger partial charge in [0, 0.05) is 6.54 Å². The number of aromatic nitrogens is 2. The summed E-state index contributed by atoms with van der Waals surface area (Å²) in [6, 6.07) is 0.398. The van der Waals surface area contributed by atoms with E-state index >= 15 is 0 Å². The Bertz CT molecular complexity index is 411. The number of ether oxygens (including phenoxy) is 1. The van der Waals surface area contributed by atoms with Crippen LogP contribution in [0.25, 0.3) is 0 Å². The van der Waals surface area contributed by atoms with Gasteiger partial charge in [-0.15, -0.1) is 0 Å². The summed E-state index contributed by atoms with van der Waals surface area (Å²) in [5, 5.41) is 8.14. The molecule has 0 saturated heterocycles. The summed E-state index contributed by atoms with van der Waals surface area (Å²) in [4.78, 5) is 0. The molecule has 0 aliphatic heterocycles. The lowest BCUT2D eigenvalue weighted by molar-refractivity contribution is 0.313. The van der Waals surface area contributed by atoms with E-state index in [1.54, 1.807) is 7.11 Å². The summed E-state index contributed by atoms with van der Waals surface area (Å²) in [6.45, 7) is 6.22. The van der Waals surface area contributed by atoms with E-state index in [2.05, 4.69) is 28.9 Å². The van der Waals surface area contributed by atoms with Crippen LogP contribution in [0.15, 0.2) is 6.20 Å². The fourth-order valence-corrected chi connectivity index (χ4v) is 3.84. The van der Waals surface area contributed by atoms with E-state index in [1.165, 1.54) is 25.0 Å². The van der Waals surface area contributed by atoms with Gasteiger partial charge in [0.1, 0.15) is 0 Å². The van der Waals surface area contributed by atoms with E-state index in [-0.39, 0.29) is 0 Å². The zero-order valence-corrected chi connectivity index (χ0v) is 12.2. The molecule has 0 bridgehead atoms. The molecule has 0 radical (unpaired) electrons. The van der Waals surface area contributed by atoms with E-state index in [4.69, 9.17) is 4.74 Å². The third-order valence-corrected chi connectivity index (χ3v) is 4.83.